The van der Waals surface area contributed by atoms with Gasteiger partial charge in [0, 0.05) is 12.1 Å². The van der Waals surface area contributed by atoms with Crippen LogP contribution in [0.3, 0.4) is 0 Å². The van der Waals surface area contributed by atoms with Gasteiger partial charge in [0.25, 0.3) is 11.8 Å². The molecular weight excluding hydrogens is 384 g/mol. The van der Waals surface area contributed by atoms with Crippen molar-refractivity contribution in [2.45, 2.75) is 6.54 Å². The third-order valence-electron chi connectivity index (χ3n) is 4.95. The van der Waals surface area contributed by atoms with Crippen molar-refractivity contribution >= 4 is 28.7 Å². The Hall–Kier alpha value is -4.18. The highest BCUT2D eigenvalue weighted by atomic mass is 16.2. The fourth-order valence-corrected chi connectivity index (χ4v) is 3.35. The van der Waals surface area contributed by atoms with E-state index >= 15 is 0 Å². The van der Waals surface area contributed by atoms with E-state index in [-0.39, 0.29) is 17.5 Å². The molecule has 4 aromatic rings. The van der Waals surface area contributed by atoms with E-state index in [1.165, 1.54) is 0 Å². The van der Waals surface area contributed by atoms with Crippen LogP contribution < -0.4 is 10.6 Å². The summed E-state index contributed by atoms with van der Waals surface area (Å²) in [6.45, 7) is 0.369. The number of hydrogen-bond acceptors (Lipinski definition) is 2. The second kappa shape index (κ2) is 9.55. The molecule has 2 amide bonds. The molecule has 0 spiro atoms. The van der Waals surface area contributed by atoms with Crippen molar-refractivity contribution in [1.29, 1.82) is 0 Å². The molecule has 0 heterocycles. The number of carbonyl (C=O) groups excluding carboxylic acids is 2. The Balaban J connectivity index is 1.65. The van der Waals surface area contributed by atoms with E-state index in [0.29, 0.717) is 12.1 Å². The molecule has 2 N–H and O–H groups in total. The molecule has 31 heavy (non-hydrogen) atoms. The zero-order valence-corrected chi connectivity index (χ0v) is 16.9. The van der Waals surface area contributed by atoms with Gasteiger partial charge in [0.2, 0.25) is 0 Å². The van der Waals surface area contributed by atoms with Gasteiger partial charge >= 0.3 is 0 Å². The Bertz CT molecular complexity index is 1230. The van der Waals surface area contributed by atoms with Crippen LogP contribution in [-0.4, -0.2) is 11.8 Å². The Morgan fingerprint density at radius 2 is 1.35 bits per heavy atom. The fourth-order valence-electron chi connectivity index (χ4n) is 3.35. The minimum absolute atomic E-state index is 0.195. The molecule has 0 aromatic heterocycles. The zero-order valence-electron chi connectivity index (χ0n) is 16.9. The van der Waals surface area contributed by atoms with Gasteiger partial charge in [0.05, 0.1) is 0 Å². The lowest BCUT2D eigenvalue weighted by atomic mass is 10.0. The van der Waals surface area contributed by atoms with Gasteiger partial charge in [-0.15, -0.1) is 0 Å². The maximum atomic E-state index is 13.0. The summed E-state index contributed by atoms with van der Waals surface area (Å²) in [5, 5.41) is 7.77. The lowest BCUT2D eigenvalue weighted by Gasteiger charge is -2.12. The maximum absolute atomic E-state index is 13.0. The molecule has 4 aromatic carbocycles. The van der Waals surface area contributed by atoms with E-state index in [0.717, 1.165) is 21.9 Å². The number of hydrogen-bond donors (Lipinski definition) is 2. The molecule has 0 bridgehead atoms. The topological polar surface area (TPSA) is 58.2 Å². The van der Waals surface area contributed by atoms with E-state index in [1.807, 2.05) is 78.9 Å². The van der Waals surface area contributed by atoms with Crippen LogP contribution in [0.4, 0.5) is 0 Å². The summed E-state index contributed by atoms with van der Waals surface area (Å²) in [5.74, 6) is -0.678. The summed E-state index contributed by atoms with van der Waals surface area (Å²) in [7, 11) is 0. The van der Waals surface area contributed by atoms with Crippen LogP contribution >= 0.6 is 0 Å². The molecule has 0 saturated carbocycles. The molecular formula is C27H22N2O2. The molecule has 0 atom stereocenters. The minimum atomic E-state index is -0.346. The number of benzene rings is 4. The molecule has 4 nitrogen and oxygen atoms in total. The normalized spacial score (nSPS) is 11.2. The van der Waals surface area contributed by atoms with E-state index in [4.69, 9.17) is 0 Å². The molecule has 0 aliphatic heterocycles. The first-order valence-corrected chi connectivity index (χ1v) is 10.1. The molecule has 0 fully saturated rings. The lowest BCUT2D eigenvalue weighted by Crippen LogP contribution is -2.34. The Labute approximate surface area is 181 Å². The Kier molecular flexibility index (Phi) is 6.19. The van der Waals surface area contributed by atoms with Crippen molar-refractivity contribution in [3.8, 4) is 0 Å². The van der Waals surface area contributed by atoms with Crippen LogP contribution in [0.5, 0.6) is 0 Å². The molecule has 0 unspecified atom stereocenters. The van der Waals surface area contributed by atoms with E-state index in [9.17, 15) is 9.59 Å². The van der Waals surface area contributed by atoms with Crippen LogP contribution in [0.15, 0.2) is 109 Å². The fraction of sp³-hybridized carbons (Fsp3) is 0.0370. The monoisotopic (exact) mass is 406 g/mol. The highest BCUT2D eigenvalue weighted by Gasteiger charge is 2.15. The number of carbonyl (C=O) groups is 2. The van der Waals surface area contributed by atoms with Crippen LogP contribution in [0.2, 0.25) is 0 Å². The van der Waals surface area contributed by atoms with Crippen LogP contribution in [0, 0.1) is 0 Å². The van der Waals surface area contributed by atoms with Crippen molar-refractivity contribution in [2.24, 2.45) is 0 Å². The SMILES string of the molecule is O=C(NCc1ccccc1)/C(=C\c1cccc2ccccc12)NC(=O)c1ccccc1. The van der Waals surface area contributed by atoms with Gasteiger partial charge in [-0.2, -0.15) is 0 Å². The highest BCUT2D eigenvalue weighted by molar-refractivity contribution is 6.06. The summed E-state index contributed by atoms with van der Waals surface area (Å²) < 4.78 is 0. The van der Waals surface area contributed by atoms with Crippen molar-refractivity contribution in [1.82, 2.24) is 10.6 Å². The standard InChI is InChI=1S/C27H22N2O2/c30-26(22-13-5-2-6-14-22)29-25(27(31)28-19-20-10-3-1-4-11-20)18-23-16-9-15-21-12-7-8-17-24(21)23/h1-18H,19H2,(H,28,31)(H,29,30)/b25-18+. The van der Waals surface area contributed by atoms with Crippen LogP contribution in [0.25, 0.3) is 16.8 Å². The zero-order chi connectivity index (χ0) is 21.5. The van der Waals surface area contributed by atoms with Gasteiger partial charge in [0.15, 0.2) is 0 Å². The molecule has 0 saturated heterocycles. The smallest absolute Gasteiger partial charge is 0.268 e. The summed E-state index contributed by atoms with van der Waals surface area (Å²) in [6, 6.07) is 32.3. The van der Waals surface area contributed by atoms with Crippen LogP contribution in [0.1, 0.15) is 21.5 Å². The maximum Gasteiger partial charge on any atom is 0.268 e. The summed E-state index contributed by atoms with van der Waals surface area (Å²) in [4.78, 5) is 25.8. The molecule has 0 radical (unpaired) electrons. The van der Waals surface area contributed by atoms with Gasteiger partial charge < -0.3 is 10.6 Å². The van der Waals surface area contributed by atoms with Gasteiger partial charge in [-0.1, -0.05) is 91.0 Å². The highest BCUT2D eigenvalue weighted by Crippen LogP contribution is 2.20. The second-order valence-corrected chi connectivity index (χ2v) is 7.11. The summed E-state index contributed by atoms with van der Waals surface area (Å²) in [5.41, 5.74) is 2.52. The Morgan fingerprint density at radius 3 is 2.13 bits per heavy atom. The van der Waals surface area contributed by atoms with Crippen molar-refractivity contribution in [3.05, 3.63) is 126 Å². The first kappa shape index (κ1) is 20.1. The number of nitrogens with one attached hydrogen (secondary N) is 2. The van der Waals surface area contributed by atoms with E-state index < -0.39 is 0 Å². The van der Waals surface area contributed by atoms with Gasteiger partial charge in [-0.25, -0.2) is 0 Å². The quantitative estimate of drug-likeness (QED) is 0.446. The van der Waals surface area contributed by atoms with Crippen molar-refractivity contribution in [3.63, 3.8) is 0 Å². The lowest BCUT2D eigenvalue weighted by molar-refractivity contribution is -0.117. The van der Waals surface area contributed by atoms with E-state index in [2.05, 4.69) is 10.6 Å². The first-order valence-electron chi connectivity index (χ1n) is 10.1. The molecule has 152 valence electrons. The molecule has 0 aliphatic rings. The second-order valence-electron chi connectivity index (χ2n) is 7.11. The molecule has 4 heteroatoms. The predicted molar refractivity (Wildman–Crippen MR) is 124 cm³/mol. The summed E-state index contributed by atoms with van der Waals surface area (Å²) >= 11 is 0. The number of amides is 2. The van der Waals surface area contributed by atoms with Crippen LogP contribution in [-0.2, 0) is 11.3 Å². The average molecular weight is 406 g/mol. The third-order valence-corrected chi connectivity index (χ3v) is 4.95. The summed E-state index contributed by atoms with van der Waals surface area (Å²) in [6.07, 6.45) is 1.73. The number of rotatable bonds is 6. The molecule has 0 aliphatic carbocycles. The van der Waals surface area contributed by atoms with Gasteiger partial charge in [-0.3, -0.25) is 9.59 Å². The Morgan fingerprint density at radius 1 is 0.710 bits per heavy atom. The third kappa shape index (κ3) is 5.06. The van der Waals surface area contributed by atoms with Gasteiger partial charge in [-0.05, 0) is 40.1 Å². The predicted octanol–water partition coefficient (Wildman–Crippen LogP) is 4.93. The minimum Gasteiger partial charge on any atom is -0.347 e. The average Bonchev–Trinajstić information content (AvgIpc) is 2.83. The van der Waals surface area contributed by atoms with Gasteiger partial charge in [0.1, 0.15) is 5.70 Å². The molecule has 4 rings (SSSR count). The first-order chi connectivity index (χ1) is 15.2. The van der Waals surface area contributed by atoms with Crippen molar-refractivity contribution in [2.75, 3.05) is 0 Å². The van der Waals surface area contributed by atoms with E-state index in [1.54, 1.807) is 30.3 Å². The number of fused-ring (bicyclic) bond motifs is 1. The van der Waals surface area contributed by atoms with Crippen molar-refractivity contribution < 1.29 is 9.59 Å². The largest absolute Gasteiger partial charge is 0.347 e.